The standard InChI is InChI=1S/C19H16ClFN4O/c1-2-10-3-4-22-9-14(10)11-5-12-7-17(23-19(26)13-8-16(13)21)24-25-18(12)15(20)6-11/h3-7,9,13,16H,2,8H2,1H3,(H,23,24,26)/t13-,16+/m1/s1. The monoisotopic (exact) mass is 370 g/mol. The topological polar surface area (TPSA) is 67.8 Å². The van der Waals surface area contributed by atoms with E-state index in [-0.39, 0.29) is 18.1 Å². The molecule has 4 rings (SSSR count). The average molecular weight is 371 g/mol. The third-order valence-electron chi connectivity index (χ3n) is 4.55. The van der Waals surface area contributed by atoms with Gasteiger partial charge in [0.2, 0.25) is 5.91 Å². The van der Waals surface area contributed by atoms with E-state index in [1.165, 1.54) is 0 Å². The number of amides is 1. The van der Waals surface area contributed by atoms with Crippen molar-refractivity contribution < 1.29 is 9.18 Å². The lowest BCUT2D eigenvalue weighted by atomic mass is 9.99. The Balaban J connectivity index is 1.73. The van der Waals surface area contributed by atoms with E-state index < -0.39 is 12.1 Å². The number of aryl methyl sites for hydroxylation is 1. The minimum Gasteiger partial charge on any atom is -0.309 e. The number of aromatic nitrogens is 3. The Labute approximate surface area is 154 Å². The molecule has 2 heterocycles. The molecule has 0 spiro atoms. The van der Waals surface area contributed by atoms with Crippen molar-refractivity contribution in [3.8, 4) is 11.1 Å². The third kappa shape index (κ3) is 3.12. The number of anilines is 1. The van der Waals surface area contributed by atoms with Gasteiger partial charge in [-0.1, -0.05) is 18.5 Å². The van der Waals surface area contributed by atoms with E-state index in [2.05, 4.69) is 27.4 Å². The third-order valence-corrected chi connectivity index (χ3v) is 4.83. The number of rotatable bonds is 4. The maximum Gasteiger partial charge on any atom is 0.231 e. The van der Waals surface area contributed by atoms with Crippen LogP contribution in [0.3, 0.4) is 0 Å². The normalized spacial score (nSPS) is 18.7. The fourth-order valence-corrected chi connectivity index (χ4v) is 3.24. The molecule has 1 aromatic carbocycles. The van der Waals surface area contributed by atoms with Crippen molar-refractivity contribution in [3.63, 3.8) is 0 Å². The maximum absolute atomic E-state index is 13.0. The van der Waals surface area contributed by atoms with E-state index >= 15 is 0 Å². The van der Waals surface area contributed by atoms with E-state index in [1.807, 2.05) is 24.4 Å². The highest BCUT2D eigenvalue weighted by atomic mass is 35.5. The van der Waals surface area contributed by atoms with Gasteiger partial charge in [0, 0.05) is 23.3 Å². The second-order valence-electron chi connectivity index (χ2n) is 6.36. The molecule has 5 nitrogen and oxygen atoms in total. The number of nitrogens with zero attached hydrogens (tertiary/aromatic N) is 3. The van der Waals surface area contributed by atoms with Gasteiger partial charge >= 0.3 is 0 Å². The van der Waals surface area contributed by atoms with Crippen molar-refractivity contribution in [2.24, 2.45) is 5.92 Å². The fraction of sp³-hybridized carbons (Fsp3) is 0.263. The summed E-state index contributed by atoms with van der Waals surface area (Å²) in [5, 5.41) is 11.9. The molecular weight excluding hydrogens is 355 g/mol. The van der Waals surface area contributed by atoms with Gasteiger partial charge in [-0.2, -0.15) is 0 Å². The van der Waals surface area contributed by atoms with Crippen LogP contribution in [0, 0.1) is 5.92 Å². The molecule has 26 heavy (non-hydrogen) atoms. The molecule has 1 aliphatic rings. The summed E-state index contributed by atoms with van der Waals surface area (Å²) in [6, 6.07) is 7.46. The number of halogens is 2. The first-order valence-corrected chi connectivity index (χ1v) is 8.79. The number of benzene rings is 1. The molecule has 0 unspecified atom stereocenters. The molecule has 0 radical (unpaired) electrons. The Morgan fingerprint density at radius 1 is 1.35 bits per heavy atom. The van der Waals surface area contributed by atoms with E-state index in [0.717, 1.165) is 28.5 Å². The molecule has 2 aromatic heterocycles. The molecule has 1 amide bonds. The Bertz CT molecular complexity index is 1010. The number of fused-ring (bicyclic) bond motifs is 1. The van der Waals surface area contributed by atoms with E-state index in [9.17, 15) is 9.18 Å². The van der Waals surface area contributed by atoms with Crippen molar-refractivity contribution in [3.05, 3.63) is 47.2 Å². The molecule has 3 aromatic rings. The molecular formula is C19H16ClFN4O. The lowest BCUT2D eigenvalue weighted by molar-refractivity contribution is -0.117. The van der Waals surface area contributed by atoms with Gasteiger partial charge in [-0.3, -0.25) is 9.78 Å². The second kappa shape index (κ2) is 6.61. The molecule has 1 aliphatic carbocycles. The number of carbonyl (C=O) groups is 1. The van der Waals surface area contributed by atoms with Crippen LogP contribution in [-0.2, 0) is 11.2 Å². The second-order valence-corrected chi connectivity index (χ2v) is 6.77. The Morgan fingerprint density at radius 2 is 2.15 bits per heavy atom. The van der Waals surface area contributed by atoms with Gasteiger partial charge in [0.25, 0.3) is 0 Å². The summed E-state index contributed by atoms with van der Waals surface area (Å²) >= 11 is 6.39. The summed E-state index contributed by atoms with van der Waals surface area (Å²) in [6.07, 6.45) is 3.66. The zero-order valence-corrected chi connectivity index (χ0v) is 14.8. The zero-order chi connectivity index (χ0) is 18.3. The molecule has 7 heteroatoms. The van der Waals surface area contributed by atoms with Gasteiger partial charge in [0.1, 0.15) is 11.7 Å². The predicted octanol–water partition coefficient (Wildman–Crippen LogP) is 4.20. The Kier molecular flexibility index (Phi) is 4.28. The van der Waals surface area contributed by atoms with Crippen LogP contribution in [0.2, 0.25) is 5.02 Å². The van der Waals surface area contributed by atoms with Crippen molar-refractivity contribution in [1.82, 2.24) is 15.2 Å². The molecule has 0 aliphatic heterocycles. The van der Waals surface area contributed by atoms with Crippen molar-refractivity contribution in [2.45, 2.75) is 25.9 Å². The number of pyridine rings is 1. The van der Waals surface area contributed by atoms with Crippen LogP contribution in [-0.4, -0.2) is 27.3 Å². The van der Waals surface area contributed by atoms with Crippen molar-refractivity contribution in [1.29, 1.82) is 0 Å². The summed E-state index contributed by atoms with van der Waals surface area (Å²) < 4.78 is 13.0. The minimum absolute atomic E-state index is 0.267. The number of hydrogen-bond donors (Lipinski definition) is 1. The summed E-state index contributed by atoms with van der Waals surface area (Å²) in [6.45, 7) is 2.08. The lowest BCUT2D eigenvalue weighted by Gasteiger charge is -2.10. The van der Waals surface area contributed by atoms with Crippen LogP contribution in [0.25, 0.3) is 22.0 Å². The molecule has 1 N–H and O–H groups in total. The molecule has 1 saturated carbocycles. The van der Waals surface area contributed by atoms with Gasteiger partial charge < -0.3 is 5.32 Å². The highest BCUT2D eigenvalue weighted by Crippen LogP contribution is 2.35. The van der Waals surface area contributed by atoms with E-state index in [1.54, 1.807) is 12.3 Å². The molecule has 0 bridgehead atoms. The molecule has 1 fully saturated rings. The number of nitrogens with one attached hydrogen (secondary N) is 1. The van der Waals surface area contributed by atoms with Crippen molar-refractivity contribution >= 4 is 34.2 Å². The van der Waals surface area contributed by atoms with Gasteiger partial charge in [0.05, 0.1) is 10.9 Å². The first-order chi connectivity index (χ1) is 12.6. The van der Waals surface area contributed by atoms with Crippen molar-refractivity contribution in [2.75, 3.05) is 5.32 Å². The molecule has 0 saturated heterocycles. The van der Waals surface area contributed by atoms with Crippen LogP contribution in [0.15, 0.2) is 36.7 Å². The van der Waals surface area contributed by atoms with Gasteiger partial charge in [0.15, 0.2) is 5.82 Å². The number of carbonyl (C=O) groups excluding carboxylic acids is 1. The molecule has 2 atom stereocenters. The van der Waals surface area contributed by atoms with Gasteiger partial charge in [-0.15, -0.1) is 10.2 Å². The Morgan fingerprint density at radius 3 is 2.88 bits per heavy atom. The first kappa shape index (κ1) is 16.8. The van der Waals surface area contributed by atoms with Gasteiger partial charge in [-0.25, -0.2) is 4.39 Å². The summed E-state index contributed by atoms with van der Waals surface area (Å²) in [4.78, 5) is 16.1. The highest BCUT2D eigenvalue weighted by molar-refractivity contribution is 6.35. The SMILES string of the molecule is CCc1ccncc1-c1cc(Cl)c2nnc(NC(=O)[C@@H]3C[C@@H]3F)cc2c1. The van der Waals surface area contributed by atoms with Crippen LogP contribution >= 0.6 is 11.6 Å². The smallest absolute Gasteiger partial charge is 0.231 e. The maximum atomic E-state index is 13.0. The zero-order valence-electron chi connectivity index (χ0n) is 14.0. The Hall–Kier alpha value is -2.60. The summed E-state index contributed by atoms with van der Waals surface area (Å²) in [7, 11) is 0. The van der Waals surface area contributed by atoms with Gasteiger partial charge in [-0.05, 0) is 48.2 Å². The lowest BCUT2D eigenvalue weighted by Crippen LogP contribution is -2.16. The largest absolute Gasteiger partial charge is 0.309 e. The van der Waals surface area contributed by atoms with E-state index in [0.29, 0.717) is 10.5 Å². The number of alkyl halides is 1. The summed E-state index contributed by atoms with van der Waals surface area (Å²) in [5.74, 6) is -0.657. The minimum atomic E-state index is -1.05. The van der Waals surface area contributed by atoms with Crippen LogP contribution < -0.4 is 5.32 Å². The number of hydrogen-bond acceptors (Lipinski definition) is 4. The fourth-order valence-electron chi connectivity index (χ4n) is 2.98. The van der Waals surface area contributed by atoms with Crippen LogP contribution in [0.5, 0.6) is 0 Å². The van der Waals surface area contributed by atoms with E-state index in [4.69, 9.17) is 11.6 Å². The molecule has 132 valence electrons. The highest BCUT2D eigenvalue weighted by Gasteiger charge is 2.43. The summed E-state index contributed by atoms with van der Waals surface area (Å²) in [5.41, 5.74) is 3.63. The van der Waals surface area contributed by atoms with Crippen LogP contribution in [0.4, 0.5) is 10.2 Å². The predicted molar refractivity (Wildman–Crippen MR) is 98.8 cm³/mol. The average Bonchev–Trinajstić information content (AvgIpc) is 3.38. The quantitative estimate of drug-likeness (QED) is 0.747. The first-order valence-electron chi connectivity index (χ1n) is 8.42. The van der Waals surface area contributed by atoms with Crippen LogP contribution in [0.1, 0.15) is 18.9 Å².